The summed E-state index contributed by atoms with van der Waals surface area (Å²) in [6, 6.07) is 12.6. The Kier molecular flexibility index (Phi) is 4.63. The second kappa shape index (κ2) is 6.25. The lowest BCUT2D eigenvalue weighted by Crippen LogP contribution is -2.22. The summed E-state index contributed by atoms with van der Waals surface area (Å²) in [5.74, 6) is -0.275. The Morgan fingerprint density at radius 1 is 1.25 bits per heavy atom. The smallest absolute Gasteiger partial charge is 0.129 e. The monoisotopic (exact) mass is 292 g/mol. The molecule has 0 aliphatic rings. The fraction of sp³-hybridized carbons (Fsp3) is 0.250. The van der Waals surface area contributed by atoms with Crippen LogP contribution in [-0.2, 0) is 6.54 Å². The van der Waals surface area contributed by atoms with E-state index in [9.17, 15) is 4.39 Å². The van der Waals surface area contributed by atoms with E-state index < -0.39 is 0 Å². The lowest BCUT2D eigenvalue weighted by atomic mass is 10.1. The molecule has 0 bridgehead atoms. The maximum absolute atomic E-state index is 13.8. The predicted molar refractivity (Wildman–Crippen MR) is 82.1 cm³/mol. The largest absolute Gasteiger partial charge is 0.399 e. The summed E-state index contributed by atoms with van der Waals surface area (Å²) in [4.78, 5) is 2.05. The molecular formula is C16H18ClFN2. The number of nitrogens with zero attached hydrogens (tertiary/aromatic N) is 1. The Balaban J connectivity index is 2.15. The van der Waals surface area contributed by atoms with Crippen LogP contribution in [0.4, 0.5) is 10.1 Å². The van der Waals surface area contributed by atoms with Gasteiger partial charge in [-0.1, -0.05) is 35.9 Å². The number of anilines is 1. The molecule has 0 saturated carbocycles. The zero-order valence-corrected chi connectivity index (χ0v) is 12.4. The van der Waals surface area contributed by atoms with Crippen molar-refractivity contribution in [3.8, 4) is 0 Å². The van der Waals surface area contributed by atoms with Crippen molar-refractivity contribution in [2.45, 2.75) is 19.5 Å². The zero-order chi connectivity index (χ0) is 14.7. The molecule has 2 rings (SSSR count). The first-order valence-corrected chi connectivity index (χ1v) is 6.85. The fourth-order valence-electron chi connectivity index (χ4n) is 2.15. The van der Waals surface area contributed by atoms with E-state index in [-0.39, 0.29) is 11.9 Å². The summed E-state index contributed by atoms with van der Waals surface area (Å²) in [7, 11) is 1.95. The number of hydrogen-bond acceptors (Lipinski definition) is 2. The molecule has 2 aromatic carbocycles. The molecule has 2 nitrogen and oxygen atoms in total. The van der Waals surface area contributed by atoms with Crippen LogP contribution in [0.25, 0.3) is 0 Å². The van der Waals surface area contributed by atoms with Crippen molar-refractivity contribution in [1.29, 1.82) is 0 Å². The second-order valence-corrected chi connectivity index (χ2v) is 5.37. The standard InChI is InChI=1S/C16H18ClFN2/c1-11(14-5-3-4-6-15(14)17)20(2)10-12-7-8-13(19)9-16(12)18/h3-9,11H,10,19H2,1-2H3. The molecule has 106 valence electrons. The molecule has 1 unspecified atom stereocenters. The van der Waals surface area contributed by atoms with Gasteiger partial charge in [-0.15, -0.1) is 0 Å². The van der Waals surface area contributed by atoms with Gasteiger partial charge < -0.3 is 5.73 Å². The van der Waals surface area contributed by atoms with Gasteiger partial charge in [0.05, 0.1) is 0 Å². The number of halogens is 2. The van der Waals surface area contributed by atoms with Gasteiger partial charge in [0, 0.05) is 28.9 Å². The lowest BCUT2D eigenvalue weighted by molar-refractivity contribution is 0.250. The summed E-state index contributed by atoms with van der Waals surface area (Å²) >= 11 is 6.20. The van der Waals surface area contributed by atoms with E-state index in [1.54, 1.807) is 12.1 Å². The van der Waals surface area contributed by atoms with Crippen molar-refractivity contribution in [2.75, 3.05) is 12.8 Å². The minimum absolute atomic E-state index is 0.0978. The molecule has 20 heavy (non-hydrogen) atoms. The van der Waals surface area contributed by atoms with Crippen molar-refractivity contribution >= 4 is 17.3 Å². The van der Waals surface area contributed by atoms with Gasteiger partial charge in [-0.2, -0.15) is 0 Å². The van der Waals surface area contributed by atoms with Crippen LogP contribution in [0.3, 0.4) is 0 Å². The third kappa shape index (κ3) is 3.30. The highest BCUT2D eigenvalue weighted by Crippen LogP contribution is 2.27. The van der Waals surface area contributed by atoms with Crippen molar-refractivity contribution < 1.29 is 4.39 Å². The molecule has 0 fully saturated rings. The van der Waals surface area contributed by atoms with Gasteiger partial charge in [-0.05, 0) is 37.7 Å². The number of hydrogen-bond donors (Lipinski definition) is 1. The van der Waals surface area contributed by atoms with Gasteiger partial charge in [-0.3, -0.25) is 4.90 Å². The van der Waals surface area contributed by atoms with Gasteiger partial charge in [0.25, 0.3) is 0 Å². The highest BCUT2D eigenvalue weighted by Gasteiger charge is 2.16. The summed E-state index contributed by atoms with van der Waals surface area (Å²) in [5, 5.41) is 0.727. The molecule has 0 spiro atoms. The minimum Gasteiger partial charge on any atom is -0.399 e. The first-order chi connectivity index (χ1) is 9.49. The number of nitrogens with two attached hydrogens (primary N) is 1. The maximum Gasteiger partial charge on any atom is 0.129 e. The molecule has 0 aliphatic heterocycles. The summed E-state index contributed by atoms with van der Waals surface area (Å²) in [6.45, 7) is 2.55. The fourth-order valence-corrected chi connectivity index (χ4v) is 2.44. The van der Waals surface area contributed by atoms with Crippen molar-refractivity contribution in [1.82, 2.24) is 4.90 Å². The van der Waals surface area contributed by atoms with E-state index in [1.165, 1.54) is 6.07 Å². The second-order valence-electron chi connectivity index (χ2n) is 4.96. The Hall–Kier alpha value is -1.58. The van der Waals surface area contributed by atoms with E-state index in [0.717, 1.165) is 10.6 Å². The van der Waals surface area contributed by atoms with Gasteiger partial charge in [0.15, 0.2) is 0 Å². The first kappa shape index (κ1) is 14.8. The molecule has 1 atom stereocenters. The number of benzene rings is 2. The third-order valence-electron chi connectivity index (χ3n) is 3.51. The summed E-state index contributed by atoms with van der Waals surface area (Å²) in [5.41, 5.74) is 7.66. The normalized spacial score (nSPS) is 12.7. The van der Waals surface area contributed by atoms with Crippen LogP contribution in [0, 0.1) is 5.82 Å². The Morgan fingerprint density at radius 3 is 2.60 bits per heavy atom. The Bertz CT molecular complexity index is 601. The predicted octanol–water partition coefficient (Wildman–Crippen LogP) is 4.25. The lowest BCUT2D eigenvalue weighted by Gasteiger charge is -2.26. The van der Waals surface area contributed by atoms with Gasteiger partial charge in [-0.25, -0.2) is 4.39 Å². The van der Waals surface area contributed by atoms with Gasteiger partial charge >= 0.3 is 0 Å². The van der Waals surface area contributed by atoms with Crippen molar-refractivity contribution in [3.05, 3.63) is 64.4 Å². The van der Waals surface area contributed by atoms with E-state index in [1.807, 2.05) is 31.3 Å². The van der Waals surface area contributed by atoms with Crippen LogP contribution >= 0.6 is 11.6 Å². The van der Waals surface area contributed by atoms with Crippen LogP contribution in [0.1, 0.15) is 24.1 Å². The van der Waals surface area contributed by atoms with Crippen LogP contribution < -0.4 is 5.73 Å². The quantitative estimate of drug-likeness (QED) is 0.854. The van der Waals surface area contributed by atoms with Crippen molar-refractivity contribution in [2.24, 2.45) is 0 Å². The molecule has 0 aliphatic carbocycles. The Morgan fingerprint density at radius 2 is 1.95 bits per heavy atom. The topological polar surface area (TPSA) is 29.3 Å². The molecule has 0 amide bonds. The molecule has 4 heteroatoms. The van der Waals surface area contributed by atoms with Crippen LogP contribution in [-0.4, -0.2) is 11.9 Å². The molecule has 2 N–H and O–H groups in total. The van der Waals surface area contributed by atoms with E-state index in [0.29, 0.717) is 17.8 Å². The molecular weight excluding hydrogens is 275 g/mol. The van der Waals surface area contributed by atoms with E-state index >= 15 is 0 Å². The zero-order valence-electron chi connectivity index (χ0n) is 11.6. The average molecular weight is 293 g/mol. The Labute approximate surface area is 124 Å². The van der Waals surface area contributed by atoms with Gasteiger partial charge in [0.1, 0.15) is 5.82 Å². The molecule has 0 heterocycles. The molecule has 0 saturated heterocycles. The maximum atomic E-state index is 13.8. The van der Waals surface area contributed by atoms with Crippen LogP contribution in [0.5, 0.6) is 0 Å². The highest BCUT2D eigenvalue weighted by atomic mass is 35.5. The number of rotatable bonds is 4. The third-order valence-corrected chi connectivity index (χ3v) is 3.86. The summed E-state index contributed by atoms with van der Waals surface area (Å²) in [6.07, 6.45) is 0. The van der Waals surface area contributed by atoms with E-state index in [2.05, 4.69) is 11.8 Å². The van der Waals surface area contributed by atoms with Crippen LogP contribution in [0.15, 0.2) is 42.5 Å². The minimum atomic E-state index is -0.275. The highest BCUT2D eigenvalue weighted by molar-refractivity contribution is 6.31. The summed E-state index contributed by atoms with van der Waals surface area (Å²) < 4.78 is 13.8. The molecule has 0 aromatic heterocycles. The molecule has 2 aromatic rings. The average Bonchev–Trinajstić information content (AvgIpc) is 2.41. The van der Waals surface area contributed by atoms with Crippen LogP contribution in [0.2, 0.25) is 5.02 Å². The van der Waals surface area contributed by atoms with Crippen molar-refractivity contribution in [3.63, 3.8) is 0 Å². The van der Waals surface area contributed by atoms with Gasteiger partial charge in [0.2, 0.25) is 0 Å². The first-order valence-electron chi connectivity index (χ1n) is 6.47. The number of nitrogen functional groups attached to an aromatic ring is 1. The molecule has 0 radical (unpaired) electrons. The van der Waals surface area contributed by atoms with E-state index in [4.69, 9.17) is 17.3 Å². The SMILES string of the molecule is CC(c1ccccc1Cl)N(C)Cc1ccc(N)cc1F.